The Morgan fingerprint density at radius 3 is 2.49 bits per heavy atom. The minimum atomic E-state index is -0.822. The number of likely N-dealkylation sites (tertiary alicyclic amines) is 1. The van der Waals surface area contributed by atoms with Crippen molar-refractivity contribution in [2.45, 2.75) is 33.2 Å². The van der Waals surface area contributed by atoms with Gasteiger partial charge in [0.2, 0.25) is 0 Å². The molecule has 0 radical (unpaired) electrons. The number of phenols is 1. The molecular weight excluding hydrogens is 448 g/mol. The molecule has 1 unspecified atom stereocenters. The summed E-state index contributed by atoms with van der Waals surface area (Å²) in [6, 6.07) is 10.6. The highest BCUT2D eigenvalue weighted by molar-refractivity contribution is 6.46. The Labute approximate surface area is 206 Å². The molecule has 0 bridgehead atoms. The Morgan fingerprint density at radius 1 is 1.09 bits per heavy atom. The van der Waals surface area contributed by atoms with Crippen LogP contribution in [0.4, 0.5) is 0 Å². The number of nitrogens with zero attached hydrogens (tertiary/aromatic N) is 2. The van der Waals surface area contributed by atoms with E-state index in [1.807, 2.05) is 6.92 Å². The van der Waals surface area contributed by atoms with Crippen molar-refractivity contribution >= 4 is 17.4 Å². The van der Waals surface area contributed by atoms with Crippen molar-refractivity contribution in [3.63, 3.8) is 0 Å². The predicted octanol–water partition coefficient (Wildman–Crippen LogP) is 3.95. The molecule has 3 rings (SSSR count). The fraction of sp³-hybridized carbons (Fsp3) is 0.407. The number of ether oxygens (including phenoxy) is 2. The van der Waals surface area contributed by atoms with Crippen molar-refractivity contribution in [3.8, 4) is 17.2 Å². The summed E-state index contributed by atoms with van der Waals surface area (Å²) in [4.78, 5) is 30.1. The van der Waals surface area contributed by atoms with Gasteiger partial charge in [-0.15, -0.1) is 0 Å². The highest BCUT2D eigenvalue weighted by Crippen LogP contribution is 2.42. The fourth-order valence-corrected chi connectivity index (χ4v) is 4.38. The molecule has 1 atom stereocenters. The summed E-state index contributed by atoms with van der Waals surface area (Å²) in [5.41, 5.74) is 0.941. The highest BCUT2D eigenvalue weighted by atomic mass is 16.5. The van der Waals surface area contributed by atoms with E-state index in [0.717, 1.165) is 19.6 Å². The molecule has 0 aromatic heterocycles. The SMILES string of the molecule is CCOc1cccc(C(O)=C2C(=O)C(=O)N(CCCN(CC)CC)C2c2ccc(O)c(OC)c2)c1. The lowest BCUT2D eigenvalue weighted by Gasteiger charge is -2.27. The lowest BCUT2D eigenvalue weighted by molar-refractivity contribution is -0.140. The smallest absolute Gasteiger partial charge is 0.295 e. The number of ketones is 1. The summed E-state index contributed by atoms with van der Waals surface area (Å²) >= 11 is 0. The van der Waals surface area contributed by atoms with Crippen LogP contribution in [-0.2, 0) is 9.59 Å². The molecular formula is C27H34N2O6. The van der Waals surface area contributed by atoms with E-state index < -0.39 is 17.7 Å². The van der Waals surface area contributed by atoms with Crippen LogP contribution in [0.15, 0.2) is 48.0 Å². The van der Waals surface area contributed by atoms with E-state index in [9.17, 15) is 19.8 Å². The quantitative estimate of drug-likeness (QED) is 0.284. The van der Waals surface area contributed by atoms with Gasteiger partial charge in [-0.05, 0) is 62.8 Å². The van der Waals surface area contributed by atoms with Crippen LogP contribution in [0.25, 0.3) is 5.76 Å². The maximum Gasteiger partial charge on any atom is 0.295 e. The number of aliphatic hydroxyl groups excluding tert-OH is 1. The summed E-state index contributed by atoms with van der Waals surface area (Å²) < 4.78 is 10.8. The number of rotatable bonds is 11. The second-order valence-electron chi connectivity index (χ2n) is 8.27. The summed E-state index contributed by atoms with van der Waals surface area (Å²) in [5, 5.41) is 21.3. The summed E-state index contributed by atoms with van der Waals surface area (Å²) in [6.45, 7) is 9.36. The van der Waals surface area contributed by atoms with Crippen molar-refractivity contribution in [2.75, 3.05) is 39.9 Å². The number of methoxy groups -OCH3 is 1. The number of hydrogen-bond donors (Lipinski definition) is 2. The Morgan fingerprint density at radius 2 is 1.83 bits per heavy atom. The van der Waals surface area contributed by atoms with Gasteiger partial charge in [0.1, 0.15) is 11.5 Å². The Hall–Kier alpha value is -3.52. The van der Waals surface area contributed by atoms with E-state index in [2.05, 4.69) is 18.7 Å². The predicted molar refractivity (Wildman–Crippen MR) is 134 cm³/mol. The molecule has 0 spiro atoms. The van der Waals surface area contributed by atoms with E-state index in [1.54, 1.807) is 36.4 Å². The van der Waals surface area contributed by atoms with Gasteiger partial charge in [-0.25, -0.2) is 0 Å². The molecule has 1 amide bonds. The number of carbonyl (C=O) groups excluding carboxylic acids is 2. The second kappa shape index (κ2) is 11.8. The van der Waals surface area contributed by atoms with Crippen LogP contribution < -0.4 is 9.47 Å². The van der Waals surface area contributed by atoms with Gasteiger partial charge >= 0.3 is 0 Å². The first-order valence-electron chi connectivity index (χ1n) is 12.0. The van der Waals surface area contributed by atoms with Crippen molar-refractivity contribution < 1.29 is 29.3 Å². The third-order valence-electron chi connectivity index (χ3n) is 6.25. The second-order valence-corrected chi connectivity index (χ2v) is 8.27. The van der Waals surface area contributed by atoms with Crippen LogP contribution in [0, 0.1) is 0 Å². The summed E-state index contributed by atoms with van der Waals surface area (Å²) in [7, 11) is 1.43. The van der Waals surface area contributed by atoms with Gasteiger partial charge in [-0.2, -0.15) is 0 Å². The molecule has 188 valence electrons. The van der Waals surface area contributed by atoms with Crippen molar-refractivity contribution in [2.24, 2.45) is 0 Å². The molecule has 8 nitrogen and oxygen atoms in total. The van der Waals surface area contributed by atoms with E-state index in [4.69, 9.17) is 9.47 Å². The van der Waals surface area contributed by atoms with Crippen LogP contribution in [0.3, 0.4) is 0 Å². The van der Waals surface area contributed by atoms with Gasteiger partial charge < -0.3 is 29.5 Å². The lowest BCUT2D eigenvalue weighted by atomic mass is 9.95. The molecule has 35 heavy (non-hydrogen) atoms. The van der Waals surface area contributed by atoms with Crippen molar-refractivity contribution in [1.29, 1.82) is 0 Å². The zero-order chi connectivity index (χ0) is 25.5. The number of amides is 1. The minimum absolute atomic E-state index is 0.000713. The number of hydrogen-bond acceptors (Lipinski definition) is 7. The molecule has 2 N–H and O–H groups in total. The van der Waals surface area contributed by atoms with E-state index in [1.165, 1.54) is 18.1 Å². The lowest BCUT2D eigenvalue weighted by Crippen LogP contribution is -2.33. The zero-order valence-corrected chi connectivity index (χ0v) is 20.8. The van der Waals surface area contributed by atoms with Gasteiger partial charge in [-0.3, -0.25) is 9.59 Å². The maximum atomic E-state index is 13.2. The average Bonchev–Trinajstić information content (AvgIpc) is 3.12. The molecule has 0 aliphatic carbocycles. The maximum absolute atomic E-state index is 13.2. The highest BCUT2D eigenvalue weighted by Gasteiger charge is 2.46. The van der Waals surface area contributed by atoms with Gasteiger partial charge in [0.25, 0.3) is 11.7 Å². The largest absolute Gasteiger partial charge is 0.507 e. The number of aliphatic hydroxyl groups is 1. The van der Waals surface area contributed by atoms with E-state index in [-0.39, 0.29) is 22.8 Å². The van der Waals surface area contributed by atoms with Gasteiger partial charge in [0.05, 0.1) is 25.3 Å². The van der Waals surface area contributed by atoms with Crippen LogP contribution in [0.5, 0.6) is 17.2 Å². The fourth-order valence-electron chi connectivity index (χ4n) is 4.38. The molecule has 2 aromatic rings. The number of Topliss-reactive ketones (excluding diaryl/α,β-unsaturated/α-hetero) is 1. The molecule has 8 heteroatoms. The number of phenolic OH excluding ortho intramolecular Hbond substituents is 1. The van der Waals surface area contributed by atoms with Gasteiger partial charge in [0, 0.05) is 12.1 Å². The molecule has 1 saturated heterocycles. The van der Waals surface area contributed by atoms with Crippen molar-refractivity contribution in [1.82, 2.24) is 9.80 Å². The Balaban J connectivity index is 2.08. The third-order valence-corrected chi connectivity index (χ3v) is 6.25. The first-order chi connectivity index (χ1) is 16.9. The third kappa shape index (κ3) is 5.59. The van der Waals surface area contributed by atoms with Crippen molar-refractivity contribution in [3.05, 3.63) is 59.2 Å². The first-order valence-corrected chi connectivity index (χ1v) is 12.0. The topological polar surface area (TPSA) is 99.5 Å². The number of carbonyl (C=O) groups is 2. The molecule has 1 heterocycles. The van der Waals surface area contributed by atoms with Crippen LogP contribution in [-0.4, -0.2) is 71.6 Å². The standard InChI is InChI=1S/C27H34N2O6/c1-5-28(6-2)14-9-15-29-24(18-12-13-21(30)22(17-18)34-4)23(26(32)27(29)33)25(31)19-10-8-11-20(16-19)35-7-3/h8,10-13,16-17,24,30-31H,5-7,9,14-15H2,1-4H3. The van der Waals surface area contributed by atoms with Gasteiger partial charge in [-0.1, -0.05) is 32.0 Å². The van der Waals surface area contributed by atoms with E-state index >= 15 is 0 Å². The molecule has 2 aromatic carbocycles. The molecule has 0 saturated carbocycles. The van der Waals surface area contributed by atoms with Gasteiger partial charge in [0.15, 0.2) is 11.5 Å². The van der Waals surface area contributed by atoms with Crippen LogP contribution in [0.1, 0.15) is 44.4 Å². The monoisotopic (exact) mass is 482 g/mol. The Bertz CT molecular complexity index is 1090. The number of aromatic hydroxyl groups is 1. The molecule has 1 aliphatic heterocycles. The first kappa shape index (κ1) is 26.1. The van der Waals surface area contributed by atoms with Crippen LogP contribution >= 0.6 is 0 Å². The molecule has 1 aliphatic rings. The Kier molecular flexibility index (Phi) is 8.76. The zero-order valence-electron chi connectivity index (χ0n) is 20.8. The summed E-state index contributed by atoms with van der Waals surface area (Å²) in [6.07, 6.45) is 0.667. The van der Waals surface area contributed by atoms with E-state index in [0.29, 0.717) is 36.4 Å². The molecule has 1 fully saturated rings. The average molecular weight is 483 g/mol. The van der Waals surface area contributed by atoms with Crippen LogP contribution in [0.2, 0.25) is 0 Å². The summed E-state index contributed by atoms with van der Waals surface area (Å²) in [5.74, 6) is -0.969. The minimum Gasteiger partial charge on any atom is -0.507 e. The normalized spacial score (nSPS) is 17.3. The number of benzene rings is 2.